The van der Waals surface area contributed by atoms with Crippen LogP contribution in [0.4, 0.5) is 0 Å². The third-order valence-corrected chi connectivity index (χ3v) is 4.44. The molecule has 0 saturated carbocycles. The number of fused-ring (bicyclic) bond motifs is 3. The van der Waals surface area contributed by atoms with Gasteiger partial charge in [0, 0.05) is 43.2 Å². The van der Waals surface area contributed by atoms with Gasteiger partial charge in [-0.3, -0.25) is 9.59 Å². The summed E-state index contributed by atoms with van der Waals surface area (Å²) in [5, 5.41) is 11.1. The van der Waals surface area contributed by atoms with Crippen LogP contribution in [0.25, 0.3) is 16.6 Å². The molecule has 0 atom stereocenters. The van der Waals surface area contributed by atoms with E-state index >= 15 is 0 Å². The first-order valence-electron chi connectivity index (χ1n) is 8.72. The fourth-order valence-electron chi connectivity index (χ4n) is 3.11. The highest BCUT2D eigenvalue weighted by Gasteiger charge is 2.14. The molecule has 3 rings (SSSR count). The van der Waals surface area contributed by atoms with Crippen LogP contribution >= 0.6 is 0 Å². The van der Waals surface area contributed by atoms with Gasteiger partial charge in [0.1, 0.15) is 0 Å². The van der Waals surface area contributed by atoms with Gasteiger partial charge in [-0.15, -0.1) is 0 Å². The number of hydrogen-bond donors (Lipinski definition) is 2. The molecule has 0 saturated heterocycles. The minimum atomic E-state index is -0.100. The van der Waals surface area contributed by atoms with Crippen LogP contribution in [0.2, 0.25) is 0 Å². The number of nitrogens with one attached hydrogen (secondary N) is 2. The molecule has 0 aliphatic rings. The summed E-state index contributed by atoms with van der Waals surface area (Å²) < 4.78 is 1.86. The Hall–Kier alpha value is -2.96. The quantitative estimate of drug-likeness (QED) is 0.660. The number of rotatable bonds is 6. The third-order valence-electron chi connectivity index (χ3n) is 4.44. The Bertz CT molecular complexity index is 977. The van der Waals surface area contributed by atoms with E-state index in [-0.39, 0.29) is 11.8 Å². The van der Waals surface area contributed by atoms with E-state index in [0.717, 1.165) is 33.5 Å². The van der Waals surface area contributed by atoms with E-state index in [1.165, 1.54) is 6.92 Å². The Balaban J connectivity index is 1.73. The Morgan fingerprint density at radius 1 is 1.12 bits per heavy atom. The molecular formula is C19H23N5O2. The second kappa shape index (κ2) is 7.51. The first-order valence-corrected chi connectivity index (χ1v) is 8.72. The Kier molecular flexibility index (Phi) is 5.16. The lowest BCUT2D eigenvalue weighted by atomic mass is 10.1. The van der Waals surface area contributed by atoms with Gasteiger partial charge in [0.05, 0.1) is 5.52 Å². The zero-order chi connectivity index (χ0) is 18.7. The fourth-order valence-corrected chi connectivity index (χ4v) is 3.11. The molecule has 0 bridgehead atoms. The summed E-state index contributed by atoms with van der Waals surface area (Å²) in [5.41, 5.74) is 4.73. The van der Waals surface area contributed by atoms with E-state index in [1.807, 2.05) is 42.6 Å². The Morgan fingerprint density at radius 3 is 2.62 bits per heavy atom. The van der Waals surface area contributed by atoms with Gasteiger partial charge in [-0.05, 0) is 38.0 Å². The molecule has 2 amide bonds. The Labute approximate surface area is 151 Å². The molecule has 0 fully saturated rings. The van der Waals surface area contributed by atoms with Crippen LogP contribution in [-0.4, -0.2) is 39.5 Å². The summed E-state index contributed by atoms with van der Waals surface area (Å²) in [7, 11) is 0. The van der Waals surface area contributed by atoms with Crippen LogP contribution in [0.1, 0.15) is 30.3 Å². The minimum Gasteiger partial charge on any atom is -0.355 e. The average molecular weight is 353 g/mol. The molecule has 7 heteroatoms. The predicted octanol–water partition coefficient (Wildman–Crippen LogP) is 1.68. The minimum absolute atomic E-state index is 0.0418. The maximum Gasteiger partial charge on any atom is 0.220 e. The van der Waals surface area contributed by atoms with Gasteiger partial charge >= 0.3 is 0 Å². The molecule has 136 valence electrons. The molecule has 0 aliphatic carbocycles. The van der Waals surface area contributed by atoms with E-state index in [9.17, 15) is 9.59 Å². The standard InChI is InChI=1S/C19H23N5O2/c1-12-15(8-9-18(26)21-11-10-20-14(3)25)13(2)24-19(22-12)16-6-4-5-7-17(16)23-24/h4-7H,8-11H2,1-3H3,(H,20,25)(H,21,26). The molecule has 3 aromatic rings. The van der Waals surface area contributed by atoms with Crippen LogP contribution in [0.5, 0.6) is 0 Å². The summed E-state index contributed by atoms with van der Waals surface area (Å²) in [6.07, 6.45) is 0.971. The van der Waals surface area contributed by atoms with Crippen molar-refractivity contribution in [2.45, 2.75) is 33.6 Å². The number of benzene rings is 1. The molecule has 0 unspecified atom stereocenters. The van der Waals surface area contributed by atoms with Crippen molar-refractivity contribution in [2.24, 2.45) is 0 Å². The number of aryl methyl sites for hydroxylation is 2. The van der Waals surface area contributed by atoms with Crippen molar-refractivity contribution in [3.05, 3.63) is 41.2 Å². The van der Waals surface area contributed by atoms with E-state index in [2.05, 4.69) is 15.7 Å². The van der Waals surface area contributed by atoms with Crippen LogP contribution < -0.4 is 10.6 Å². The number of aromatic nitrogens is 3. The van der Waals surface area contributed by atoms with E-state index < -0.39 is 0 Å². The largest absolute Gasteiger partial charge is 0.355 e. The molecule has 2 heterocycles. The van der Waals surface area contributed by atoms with Gasteiger partial charge in [-0.1, -0.05) is 12.1 Å². The third kappa shape index (κ3) is 3.66. The second-order valence-corrected chi connectivity index (χ2v) is 6.35. The maximum absolute atomic E-state index is 12.0. The first kappa shape index (κ1) is 17.8. The van der Waals surface area contributed by atoms with Crippen molar-refractivity contribution in [3.63, 3.8) is 0 Å². The number of carbonyl (C=O) groups is 2. The molecule has 26 heavy (non-hydrogen) atoms. The maximum atomic E-state index is 12.0. The van der Waals surface area contributed by atoms with Gasteiger partial charge in [0.25, 0.3) is 0 Å². The number of hydrogen-bond acceptors (Lipinski definition) is 4. The molecule has 2 N–H and O–H groups in total. The van der Waals surface area contributed by atoms with E-state index in [0.29, 0.717) is 25.9 Å². The van der Waals surface area contributed by atoms with Crippen molar-refractivity contribution in [3.8, 4) is 0 Å². The summed E-state index contributed by atoms with van der Waals surface area (Å²) in [5.74, 6) is -0.142. The average Bonchev–Trinajstić information content (AvgIpc) is 2.97. The van der Waals surface area contributed by atoms with Crippen molar-refractivity contribution in [1.29, 1.82) is 0 Å². The zero-order valence-electron chi connectivity index (χ0n) is 15.3. The molecular weight excluding hydrogens is 330 g/mol. The lowest BCUT2D eigenvalue weighted by molar-refractivity contribution is -0.122. The summed E-state index contributed by atoms with van der Waals surface area (Å²) in [4.78, 5) is 27.5. The monoisotopic (exact) mass is 353 g/mol. The van der Waals surface area contributed by atoms with E-state index in [4.69, 9.17) is 4.98 Å². The Morgan fingerprint density at radius 2 is 1.85 bits per heavy atom. The van der Waals surface area contributed by atoms with Crippen LogP contribution in [-0.2, 0) is 16.0 Å². The highest BCUT2D eigenvalue weighted by atomic mass is 16.2. The topological polar surface area (TPSA) is 88.4 Å². The molecule has 7 nitrogen and oxygen atoms in total. The van der Waals surface area contributed by atoms with E-state index in [1.54, 1.807) is 0 Å². The second-order valence-electron chi connectivity index (χ2n) is 6.35. The number of carbonyl (C=O) groups excluding carboxylic acids is 2. The summed E-state index contributed by atoms with van der Waals surface area (Å²) in [6, 6.07) is 7.94. The fraction of sp³-hybridized carbons (Fsp3) is 0.368. The summed E-state index contributed by atoms with van der Waals surface area (Å²) in [6.45, 7) is 6.30. The zero-order valence-corrected chi connectivity index (χ0v) is 15.3. The van der Waals surface area contributed by atoms with Gasteiger partial charge < -0.3 is 10.6 Å². The van der Waals surface area contributed by atoms with Gasteiger partial charge in [0.2, 0.25) is 11.8 Å². The highest BCUT2D eigenvalue weighted by Crippen LogP contribution is 2.22. The van der Waals surface area contributed by atoms with Gasteiger partial charge in [-0.25, -0.2) is 9.50 Å². The molecule has 0 spiro atoms. The lowest BCUT2D eigenvalue weighted by Crippen LogP contribution is -2.33. The lowest BCUT2D eigenvalue weighted by Gasteiger charge is -2.11. The highest BCUT2D eigenvalue weighted by molar-refractivity contribution is 5.92. The van der Waals surface area contributed by atoms with Crippen molar-refractivity contribution in [2.75, 3.05) is 13.1 Å². The van der Waals surface area contributed by atoms with Crippen molar-refractivity contribution < 1.29 is 9.59 Å². The first-order chi connectivity index (χ1) is 12.5. The van der Waals surface area contributed by atoms with Crippen molar-refractivity contribution in [1.82, 2.24) is 25.2 Å². The van der Waals surface area contributed by atoms with Crippen LogP contribution in [0, 0.1) is 13.8 Å². The predicted molar refractivity (Wildman–Crippen MR) is 100.0 cm³/mol. The number of nitrogens with zero attached hydrogens (tertiary/aromatic N) is 3. The summed E-state index contributed by atoms with van der Waals surface area (Å²) >= 11 is 0. The smallest absolute Gasteiger partial charge is 0.220 e. The molecule has 1 aromatic carbocycles. The van der Waals surface area contributed by atoms with Gasteiger partial charge in [0.15, 0.2) is 5.65 Å². The van der Waals surface area contributed by atoms with Crippen LogP contribution in [0.15, 0.2) is 24.3 Å². The van der Waals surface area contributed by atoms with Gasteiger partial charge in [-0.2, -0.15) is 5.10 Å². The number of amides is 2. The SMILES string of the molecule is CC(=O)NCCNC(=O)CCc1c(C)nc2c3ccccc3nn2c1C. The molecule has 0 radical (unpaired) electrons. The van der Waals surface area contributed by atoms with Crippen molar-refractivity contribution >= 4 is 28.4 Å². The molecule has 0 aliphatic heterocycles. The van der Waals surface area contributed by atoms with Crippen LogP contribution in [0.3, 0.4) is 0 Å². The molecule has 2 aromatic heterocycles. The normalized spacial score (nSPS) is 11.0.